The first kappa shape index (κ1) is 27.3. The van der Waals surface area contributed by atoms with Gasteiger partial charge in [0.2, 0.25) is 0 Å². The molecule has 1 aliphatic rings. The number of benzene rings is 4. The zero-order valence-corrected chi connectivity index (χ0v) is 24.5. The summed E-state index contributed by atoms with van der Waals surface area (Å²) in [6.45, 7) is 5.16. The Morgan fingerprint density at radius 1 is 0.684 bits per heavy atom. The number of rotatable bonds is 11. The van der Waals surface area contributed by atoms with E-state index in [1.807, 2.05) is 0 Å². The fraction of sp³-hybridized carbons (Fsp3) is 0.314. The van der Waals surface area contributed by atoms with Gasteiger partial charge >= 0.3 is 0 Å². The fourth-order valence-electron chi connectivity index (χ4n) is 6.42. The Kier molecular flexibility index (Phi) is 8.80. The molecule has 0 aliphatic heterocycles. The van der Waals surface area contributed by atoms with E-state index in [2.05, 4.69) is 135 Å². The molecule has 1 aliphatic carbocycles. The molecule has 0 aromatic heterocycles. The molecule has 0 amide bonds. The van der Waals surface area contributed by atoms with Crippen LogP contribution in [-0.4, -0.2) is 24.0 Å². The summed E-state index contributed by atoms with van der Waals surface area (Å²) in [5.74, 6) is 0.529. The van der Waals surface area contributed by atoms with Crippen LogP contribution in [0.15, 0.2) is 121 Å². The Labute approximate surface area is 231 Å². The lowest BCUT2D eigenvalue weighted by molar-refractivity contribution is -0.0745. The maximum absolute atomic E-state index is 10.5. The molecule has 3 atom stereocenters. The third-order valence-electron chi connectivity index (χ3n) is 8.75. The van der Waals surface area contributed by atoms with E-state index in [4.69, 9.17) is 0 Å². The Hall–Kier alpha value is -2.30. The third-order valence-corrected chi connectivity index (χ3v) is 14.1. The zero-order valence-electron chi connectivity index (χ0n) is 22.7. The molecular formula is C35H40OP2. The van der Waals surface area contributed by atoms with E-state index in [1.165, 1.54) is 40.2 Å². The molecule has 4 aromatic carbocycles. The van der Waals surface area contributed by atoms with Crippen LogP contribution in [0.2, 0.25) is 0 Å². The number of aliphatic hydroxyl groups is 1. The van der Waals surface area contributed by atoms with Gasteiger partial charge in [0, 0.05) is 6.61 Å². The van der Waals surface area contributed by atoms with Gasteiger partial charge in [-0.2, -0.15) is 0 Å². The van der Waals surface area contributed by atoms with Crippen LogP contribution in [-0.2, 0) is 0 Å². The molecule has 196 valence electrons. The van der Waals surface area contributed by atoms with Crippen molar-refractivity contribution in [3.63, 3.8) is 0 Å². The smallest absolute Gasteiger partial charge is 0.0487 e. The van der Waals surface area contributed by atoms with Gasteiger partial charge in [0.25, 0.3) is 0 Å². The van der Waals surface area contributed by atoms with Crippen LogP contribution in [0.1, 0.15) is 33.1 Å². The van der Waals surface area contributed by atoms with Crippen LogP contribution in [0.4, 0.5) is 0 Å². The summed E-state index contributed by atoms with van der Waals surface area (Å²) in [5, 5.41) is 16.3. The highest BCUT2D eigenvalue weighted by molar-refractivity contribution is 7.73. The van der Waals surface area contributed by atoms with Crippen LogP contribution in [0.25, 0.3) is 0 Å². The van der Waals surface area contributed by atoms with E-state index >= 15 is 0 Å². The molecule has 38 heavy (non-hydrogen) atoms. The van der Waals surface area contributed by atoms with Gasteiger partial charge < -0.3 is 5.11 Å². The molecule has 0 bridgehead atoms. The minimum atomic E-state index is -0.503. The average molecular weight is 539 g/mol. The second kappa shape index (κ2) is 12.3. The summed E-state index contributed by atoms with van der Waals surface area (Å²) in [4.78, 5) is 0. The van der Waals surface area contributed by atoms with Crippen molar-refractivity contribution in [2.45, 2.75) is 33.1 Å². The van der Waals surface area contributed by atoms with Crippen LogP contribution in [0.5, 0.6) is 0 Å². The summed E-state index contributed by atoms with van der Waals surface area (Å²) < 4.78 is 0. The van der Waals surface area contributed by atoms with E-state index in [1.54, 1.807) is 0 Å². The van der Waals surface area contributed by atoms with Crippen LogP contribution in [0.3, 0.4) is 0 Å². The fourth-order valence-corrected chi connectivity index (χ4v) is 11.9. The molecule has 1 fully saturated rings. The van der Waals surface area contributed by atoms with E-state index < -0.39 is 15.8 Å². The molecular weight excluding hydrogens is 498 g/mol. The highest BCUT2D eigenvalue weighted by Gasteiger charge is 2.52. The van der Waals surface area contributed by atoms with Crippen molar-refractivity contribution in [2.75, 3.05) is 18.9 Å². The largest absolute Gasteiger partial charge is 0.396 e. The van der Waals surface area contributed by atoms with Gasteiger partial charge in [0.05, 0.1) is 0 Å². The molecule has 3 heteroatoms. The van der Waals surface area contributed by atoms with Crippen molar-refractivity contribution in [1.29, 1.82) is 0 Å². The molecule has 1 N–H and O–H groups in total. The summed E-state index contributed by atoms with van der Waals surface area (Å²) in [7, 11) is -0.948. The first-order chi connectivity index (χ1) is 18.5. The van der Waals surface area contributed by atoms with Gasteiger partial charge in [-0.3, -0.25) is 0 Å². The first-order valence-electron chi connectivity index (χ1n) is 13.9. The van der Waals surface area contributed by atoms with Gasteiger partial charge in [-0.05, 0) is 85.4 Å². The summed E-state index contributed by atoms with van der Waals surface area (Å²) in [5.41, 5.74) is 0.155. The SMILES string of the molecule is CC1(CO)CCC1C(C)(CCP(c1ccccc1)c1ccccc1)CP(c1ccccc1)c1ccccc1. The molecule has 0 radical (unpaired) electrons. The van der Waals surface area contributed by atoms with Gasteiger partial charge in [-0.1, -0.05) is 135 Å². The molecule has 3 unspecified atom stereocenters. The van der Waals surface area contributed by atoms with Gasteiger partial charge in [0.1, 0.15) is 0 Å². The standard InChI is InChI=1S/C35H40OP2/c1-34(27-36)24-23-33(34)35(2,28-38(31-19-11-5-12-20-31)32-21-13-6-14-22-32)25-26-37(29-15-7-3-8-16-29)30-17-9-4-10-18-30/h3-22,33,36H,23-28H2,1-2H3. The van der Waals surface area contributed by atoms with Crippen LogP contribution < -0.4 is 21.2 Å². The Balaban J connectivity index is 1.51. The van der Waals surface area contributed by atoms with Crippen molar-refractivity contribution >= 4 is 37.1 Å². The molecule has 0 heterocycles. The van der Waals surface area contributed by atoms with E-state index in [0.717, 1.165) is 12.6 Å². The van der Waals surface area contributed by atoms with Crippen molar-refractivity contribution in [3.05, 3.63) is 121 Å². The van der Waals surface area contributed by atoms with E-state index in [9.17, 15) is 5.11 Å². The predicted octanol–water partition coefficient (Wildman–Crippen LogP) is 7.06. The highest BCUT2D eigenvalue weighted by Crippen LogP contribution is 2.60. The van der Waals surface area contributed by atoms with Crippen LogP contribution in [0, 0.1) is 16.7 Å². The summed E-state index contributed by atoms with van der Waals surface area (Å²) in [6.07, 6.45) is 5.84. The lowest BCUT2D eigenvalue weighted by Crippen LogP contribution is -2.51. The maximum atomic E-state index is 10.5. The highest BCUT2D eigenvalue weighted by atomic mass is 31.1. The van der Waals surface area contributed by atoms with E-state index in [0.29, 0.717) is 5.92 Å². The second-order valence-corrected chi connectivity index (χ2v) is 15.9. The minimum Gasteiger partial charge on any atom is -0.396 e. The number of aliphatic hydroxyl groups excluding tert-OH is 1. The molecule has 1 nitrogen and oxygen atoms in total. The molecule has 5 rings (SSSR count). The van der Waals surface area contributed by atoms with Crippen LogP contribution >= 0.6 is 15.8 Å². The molecule has 4 aromatic rings. The van der Waals surface area contributed by atoms with Gasteiger partial charge in [-0.15, -0.1) is 0 Å². The quantitative estimate of drug-likeness (QED) is 0.203. The van der Waals surface area contributed by atoms with Gasteiger partial charge in [-0.25, -0.2) is 0 Å². The Morgan fingerprint density at radius 2 is 1.08 bits per heavy atom. The molecule has 1 saturated carbocycles. The first-order valence-corrected chi connectivity index (χ1v) is 16.9. The van der Waals surface area contributed by atoms with E-state index in [-0.39, 0.29) is 17.4 Å². The minimum absolute atomic E-state index is 0.0192. The number of hydrogen-bond acceptors (Lipinski definition) is 1. The Bertz CT molecular complexity index is 1180. The monoisotopic (exact) mass is 538 g/mol. The normalized spacial score (nSPS) is 20.7. The topological polar surface area (TPSA) is 20.2 Å². The molecule has 0 saturated heterocycles. The third kappa shape index (κ3) is 5.97. The van der Waals surface area contributed by atoms with Crippen molar-refractivity contribution in [2.24, 2.45) is 16.7 Å². The lowest BCUT2D eigenvalue weighted by atomic mass is 9.52. The zero-order chi connectivity index (χ0) is 26.4. The second-order valence-electron chi connectivity index (χ2n) is 11.4. The summed E-state index contributed by atoms with van der Waals surface area (Å²) in [6, 6.07) is 44.6. The van der Waals surface area contributed by atoms with Gasteiger partial charge in [0.15, 0.2) is 0 Å². The summed E-state index contributed by atoms with van der Waals surface area (Å²) >= 11 is 0. The van der Waals surface area contributed by atoms with Crippen molar-refractivity contribution < 1.29 is 5.11 Å². The lowest BCUT2D eigenvalue weighted by Gasteiger charge is -2.56. The predicted molar refractivity (Wildman–Crippen MR) is 169 cm³/mol. The maximum Gasteiger partial charge on any atom is 0.0487 e. The van der Waals surface area contributed by atoms with Crippen molar-refractivity contribution in [3.8, 4) is 0 Å². The average Bonchev–Trinajstić information content (AvgIpc) is 2.97. The molecule has 0 spiro atoms. The van der Waals surface area contributed by atoms with Crippen molar-refractivity contribution in [1.82, 2.24) is 0 Å². The number of hydrogen-bond donors (Lipinski definition) is 1. The Morgan fingerprint density at radius 3 is 1.42 bits per heavy atom.